The standard InChI is InChI=1S/C13H20N2/c1-11-3-2-9-15(11)10-8-12-4-6-13(14)7-5-12/h4-7,11H,2-3,8-10,14H2,1H3. The first-order chi connectivity index (χ1) is 7.25. The topological polar surface area (TPSA) is 29.3 Å². The van der Waals surface area contributed by atoms with Crippen molar-refractivity contribution in [2.24, 2.45) is 0 Å². The predicted molar refractivity (Wildman–Crippen MR) is 64.8 cm³/mol. The van der Waals surface area contributed by atoms with Crippen molar-refractivity contribution >= 4 is 5.69 Å². The van der Waals surface area contributed by atoms with E-state index in [4.69, 9.17) is 5.73 Å². The van der Waals surface area contributed by atoms with Gasteiger partial charge in [0.25, 0.3) is 0 Å². The number of nitrogen functional groups attached to an aromatic ring is 1. The minimum Gasteiger partial charge on any atom is -0.399 e. The molecule has 82 valence electrons. The molecule has 0 aliphatic carbocycles. The third-order valence-corrected chi connectivity index (χ3v) is 3.36. The third-order valence-electron chi connectivity index (χ3n) is 3.36. The minimum atomic E-state index is 0.777. The quantitative estimate of drug-likeness (QED) is 0.765. The Bertz CT molecular complexity index is 305. The van der Waals surface area contributed by atoms with E-state index in [9.17, 15) is 0 Å². The maximum atomic E-state index is 5.66. The van der Waals surface area contributed by atoms with Gasteiger partial charge in [-0.05, 0) is 50.4 Å². The van der Waals surface area contributed by atoms with Gasteiger partial charge >= 0.3 is 0 Å². The molecule has 2 nitrogen and oxygen atoms in total. The number of likely N-dealkylation sites (tertiary alicyclic amines) is 1. The van der Waals surface area contributed by atoms with Crippen molar-refractivity contribution in [3.05, 3.63) is 29.8 Å². The number of benzene rings is 1. The normalized spacial score (nSPS) is 22.1. The molecule has 0 saturated carbocycles. The summed E-state index contributed by atoms with van der Waals surface area (Å²) in [5, 5.41) is 0. The monoisotopic (exact) mass is 204 g/mol. The number of nitrogens with zero attached hydrogens (tertiary/aromatic N) is 1. The highest BCUT2D eigenvalue weighted by Gasteiger charge is 2.19. The minimum absolute atomic E-state index is 0.777. The van der Waals surface area contributed by atoms with Crippen LogP contribution < -0.4 is 5.73 Å². The van der Waals surface area contributed by atoms with Crippen LogP contribution in [0.1, 0.15) is 25.3 Å². The van der Waals surface area contributed by atoms with Gasteiger partial charge in [-0.15, -0.1) is 0 Å². The van der Waals surface area contributed by atoms with Gasteiger partial charge in [0.2, 0.25) is 0 Å². The van der Waals surface area contributed by atoms with Gasteiger partial charge < -0.3 is 10.6 Å². The molecule has 2 N–H and O–H groups in total. The molecule has 1 aliphatic heterocycles. The Morgan fingerprint density at radius 1 is 1.33 bits per heavy atom. The first-order valence-corrected chi connectivity index (χ1v) is 5.84. The van der Waals surface area contributed by atoms with E-state index in [-0.39, 0.29) is 0 Å². The highest BCUT2D eigenvalue weighted by molar-refractivity contribution is 5.39. The average Bonchev–Trinajstić information content (AvgIpc) is 2.63. The van der Waals surface area contributed by atoms with Crippen LogP contribution in [0.3, 0.4) is 0 Å². The van der Waals surface area contributed by atoms with Crippen molar-refractivity contribution in [2.45, 2.75) is 32.2 Å². The zero-order valence-electron chi connectivity index (χ0n) is 9.45. The molecule has 15 heavy (non-hydrogen) atoms. The zero-order valence-corrected chi connectivity index (χ0v) is 9.45. The molecule has 0 aromatic heterocycles. The van der Waals surface area contributed by atoms with E-state index in [1.165, 1.54) is 31.5 Å². The maximum absolute atomic E-state index is 5.66. The van der Waals surface area contributed by atoms with Gasteiger partial charge in [-0.2, -0.15) is 0 Å². The second-order valence-electron chi connectivity index (χ2n) is 4.52. The summed E-state index contributed by atoms with van der Waals surface area (Å²) in [6, 6.07) is 9.02. The lowest BCUT2D eigenvalue weighted by Gasteiger charge is -2.20. The number of rotatable bonds is 3. The molecule has 1 aromatic carbocycles. The average molecular weight is 204 g/mol. The molecule has 1 fully saturated rings. The van der Waals surface area contributed by atoms with Crippen LogP contribution in [0.15, 0.2) is 24.3 Å². The summed E-state index contributed by atoms with van der Waals surface area (Å²) >= 11 is 0. The van der Waals surface area contributed by atoms with E-state index in [2.05, 4.69) is 24.0 Å². The van der Waals surface area contributed by atoms with Crippen molar-refractivity contribution in [3.63, 3.8) is 0 Å². The SMILES string of the molecule is CC1CCCN1CCc1ccc(N)cc1. The van der Waals surface area contributed by atoms with Crippen molar-refractivity contribution in [1.82, 2.24) is 4.90 Å². The fourth-order valence-electron chi connectivity index (χ4n) is 2.28. The number of anilines is 1. The smallest absolute Gasteiger partial charge is 0.0314 e. The van der Waals surface area contributed by atoms with Gasteiger partial charge in [0, 0.05) is 18.3 Å². The van der Waals surface area contributed by atoms with Crippen LogP contribution in [0.2, 0.25) is 0 Å². The molecule has 2 rings (SSSR count). The van der Waals surface area contributed by atoms with Crippen molar-refractivity contribution in [3.8, 4) is 0 Å². The van der Waals surface area contributed by atoms with Crippen LogP contribution in [0.5, 0.6) is 0 Å². The van der Waals surface area contributed by atoms with E-state index in [1.54, 1.807) is 0 Å². The van der Waals surface area contributed by atoms with Crippen molar-refractivity contribution < 1.29 is 0 Å². The molecule has 1 saturated heterocycles. The lowest BCUT2D eigenvalue weighted by molar-refractivity contribution is 0.272. The predicted octanol–water partition coefficient (Wildman–Crippen LogP) is 2.30. The molecular formula is C13H20N2. The molecule has 1 heterocycles. The van der Waals surface area contributed by atoms with E-state index in [0.29, 0.717) is 0 Å². The fourth-order valence-corrected chi connectivity index (χ4v) is 2.28. The summed E-state index contributed by atoms with van der Waals surface area (Å²) in [5.41, 5.74) is 7.90. The van der Waals surface area contributed by atoms with Crippen molar-refractivity contribution in [2.75, 3.05) is 18.8 Å². The molecular weight excluding hydrogens is 184 g/mol. The molecule has 0 amide bonds. The van der Waals surface area contributed by atoms with Gasteiger partial charge in [0.05, 0.1) is 0 Å². The Labute approximate surface area is 92.1 Å². The first-order valence-electron chi connectivity index (χ1n) is 5.84. The Balaban J connectivity index is 1.85. The van der Waals surface area contributed by atoms with Gasteiger partial charge in [0.1, 0.15) is 0 Å². The maximum Gasteiger partial charge on any atom is 0.0314 e. The molecule has 2 heteroatoms. The van der Waals surface area contributed by atoms with Gasteiger partial charge in [-0.1, -0.05) is 12.1 Å². The van der Waals surface area contributed by atoms with Crippen LogP contribution in [0, 0.1) is 0 Å². The van der Waals surface area contributed by atoms with Gasteiger partial charge in [-0.25, -0.2) is 0 Å². The Kier molecular flexibility index (Phi) is 3.27. The van der Waals surface area contributed by atoms with E-state index >= 15 is 0 Å². The second-order valence-corrected chi connectivity index (χ2v) is 4.52. The van der Waals surface area contributed by atoms with Crippen LogP contribution in [0.25, 0.3) is 0 Å². The number of hydrogen-bond acceptors (Lipinski definition) is 2. The molecule has 0 spiro atoms. The summed E-state index contributed by atoms with van der Waals surface area (Å²) in [6.45, 7) is 4.79. The van der Waals surface area contributed by atoms with Gasteiger partial charge in [-0.3, -0.25) is 0 Å². The zero-order chi connectivity index (χ0) is 10.7. The van der Waals surface area contributed by atoms with E-state index in [0.717, 1.165) is 18.2 Å². The lowest BCUT2D eigenvalue weighted by Crippen LogP contribution is -2.28. The highest BCUT2D eigenvalue weighted by atomic mass is 15.2. The van der Waals surface area contributed by atoms with Crippen LogP contribution in [-0.2, 0) is 6.42 Å². The molecule has 0 bridgehead atoms. The summed E-state index contributed by atoms with van der Waals surface area (Å²) in [4.78, 5) is 2.58. The van der Waals surface area contributed by atoms with Crippen LogP contribution in [-0.4, -0.2) is 24.0 Å². The summed E-state index contributed by atoms with van der Waals surface area (Å²) < 4.78 is 0. The third kappa shape index (κ3) is 2.72. The fraction of sp³-hybridized carbons (Fsp3) is 0.538. The number of nitrogens with two attached hydrogens (primary N) is 1. The molecule has 1 atom stereocenters. The van der Waals surface area contributed by atoms with Crippen LogP contribution >= 0.6 is 0 Å². The van der Waals surface area contributed by atoms with Gasteiger partial charge in [0.15, 0.2) is 0 Å². The first kappa shape index (κ1) is 10.5. The molecule has 0 radical (unpaired) electrons. The van der Waals surface area contributed by atoms with E-state index in [1.807, 2.05) is 12.1 Å². The molecule has 1 aromatic rings. The summed E-state index contributed by atoms with van der Waals surface area (Å²) in [6.07, 6.45) is 3.87. The van der Waals surface area contributed by atoms with E-state index < -0.39 is 0 Å². The molecule has 1 aliphatic rings. The Morgan fingerprint density at radius 3 is 2.67 bits per heavy atom. The highest BCUT2D eigenvalue weighted by Crippen LogP contribution is 2.17. The Hall–Kier alpha value is -1.02. The number of hydrogen-bond donors (Lipinski definition) is 1. The second kappa shape index (κ2) is 4.67. The Morgan fingerprint density at radius 2 is 2.07 bits per heavy atom. The molecule has 1 unspecified atom stereocenters. The largest absolute Gasteiger partial charge is 0.399 e. The van der Waals surface area contributed by atoms with Crippen molar-refractivity contribution in [1.29, 1.82) is 0 Å². The lowest BCUT2D eigenvalue weighted by atomic mass is 10.1. The van der Waals surface area contributed by atoms with Crippen LogP contribution in [0.4, 0.5) is 5.69 Å². The summed E-state index contributed by atoms with van der Waals surface area (Å²) in [7, 11) is 0. The summed E-state index contributed by atoms with van der Waals surface area (Å²) in [5.74, 6) is 0.